The highest BCUT2D eigenvalue weighted by Crippen LogP contribution is 2.28. The second-order valence-electron chi connectivity index (χ2n) is 3.02. The van der Waals surface area contributed by atoms with Crippen LogP contribution in [0.15, 0.2) is 18.5 Å². The molecule has 1 aromatic carbocycles. The van der Waals surface area contributed by atoms with E-state index in [1.54, 1.807) is 16.7 Å². The van der Waals surface area contributed by atoms with E-state index in [1.807, 2.05) is 6.92 Å². The first-order valence-electron chi connectivity index (χ1n) is 4.11. The van der Waals surface area contributed by atoms with E-state index in [0.717, 1.165) is 5.56 Å². The highest BCUT2D eigenvalue weighted by molar-refractivity contribution is 6.35. The highest BCUT2D eigenvalue weighted by Gasteiger charge is 2.09. The lowest BCUT2D eigenvalue weighted by atomic mass is 10.2. The summed E-state index contributed by atoms with van der Waals surface area (Å²) >= 11 is 17.9. The number of halogens is 3. The van der Waals surface area contributed by atoms with E-state index in [1.165, 1.54) is 6.33 Å². The SMILES string of the molecule is Cc1cc(Cl)c(-n2cnnc2Cl)cc1Cl. The molecule has 2 rings (SSSR count). The number of aromatic nitrogens is 3. The molecule has 0 spiro atoms. The second kappa shape index (κ2) is 4.00. The lowest BCUT2D eigenvalue weighted by Crippen LogP contribution is -1.94. The smallest absolute Gasteiger partial charge is 0.229 e. The molecule has 0 aliphatic heterocycles. The van der Waals surface area contributed by atoms with Gasteiger partial charge in [-0.15, -0.1) is 10.2 Å². The minimum atomic E-state index is 0.247. The van der Waals surface area contributed by atoms with Crippen LogP contribution in [0.4, 0.5) is 0 Å². The fraction of sp³-hybridized carbons (Fsp3) is 0.111. The van der Waals surface area contributed by atoms with Crippen molar-refractivity contribution in [1.82, 2.24) is 14.8 Å². The molecule has 1 heterocycles. The molecule has 2 aromatic rings. The summed E-state index contributed by atoms with van der Waals surface area (Å²) in [7, 11) is 0. The molecule has 78 valence electrons. The van der Waals surface area contributed by atoms with E-state index in [4.69, 9.17) is 34.8 Å². The van der Waals surface area contributed by atoms with Gasteiger partial charge in [0.15, 0.2) is 0 Å². The highest BCUT2D eigenvalue weighted by atomic mass is 35.5. The van der Waals surface area contributed by atoms with Crippen molar-refractivity contribution in [2.24, 2.45) is 0 Å². The zero-order valence-electron chi connectivity index (χ0n) is 7.71. The summed E-state index contributed by atoms with van der Waals surface area (Å²) in [6.45, 7) is 1.88. The van der Waals surface area contributed by atoms with Gasteiger partial charge in [-0.3, -0.25) is 4.57 Å². The van der Waals surface area contributed by atoms with Crippen LogP contribution in [0.2, 0.25) is 15.3 Å². The topological polar surface area (TPSA) is 30.7 Å². The minimum Gasteiger partial charge on any atom is -0.271 e. The summed E-state index contributed by atoms with van der Waals surface area (Å²) < 4.78 is 1.56. The standard InChI is InChI=1S/C9H6Cl3N3/c1-5-2-7(11)8(3-6(5)10)15-4-13-14-9(15)12/h2-4H,1H3. The van der Waals surface area contributed by atoms with Crippen LogP contribution < -0.4 is 0 Å². The molecular formula is C9H6Cl3N3. The largest absolute Gasteiger partial charge is 0.271 e. The van der Waals surface area contributed by atoms with Gasteiger partial charge in [-0.25, -0.2) is 0 Å². The Morgan fingerprint density at radius 2 is 1.87 bits per heavy atom. The monoisotopic (exact) mass is 261 g/mol. The molecule has 0 radical (unpaired) electrons. The summed E-state index contributed by atoms with van der Waals surface area (Å²) in [6.07, 6.45) is 1.48. The van der Waals surface area contributed by atoms with Gasteiger partial charge >= 0.3 is 0 Å². The molecule has 15 heavy (non-hydrogen) atoms. The van der Waals surface area contributed by atoms with Crippen LogP contribution in [0, 0.1) is 6.92 Å². The maximum Gasteiger partial charge on any atom is 0.229 e. The van der Waals surface area contributed by atoms with Crippen molar-refractivity contribution in [3.8, 4) is 5.69 Å². The quantitative estimate of drug-likeness (QED) is 0.787. The molecule has 0 N–H and O–H groups in total. The fourth-order valence-electron chi connectivity index (χ4n) is 1.20. The molecular weight excluding hydrogens is 256 g/mol. The molecule has 1 aromatic heterocycles. The predicted molar refractivity (Wildman–Crippen MR) is 61.1 cm³/mol. The molecule has 0 atom stereocenters. The average Bonchev–Trinajstić information content (AvgIpc) is 2.58. The lowest BCUT2D eigenvalue weighted by Gasteiger charge is -2.07. The molecule has 0 fully saturated rings. The molecule has 0 bridgehead atoms. The van der Waals surface area contributed by atoms with Crippen LogP contribution in [-0.2, 0) is 0 Å². The fourth-order valence-corrected chi connectivity index (χ4v) is 1.85. The van der Waals surface area contributed by atoms with Crippen molar-refractivity contribution in [1.29, 1.82) is 0 Å². The third kappa shape index (κ3) is 1.95. The Morgan fingerprint density at radius 1 is 1.13 bits per heavy atom. The van der Waals surface area contributed by atoms with Crippen LogP contribution in [0.5, 0.6) is 0 Å². The van der Waals surface area contributed by atoms with Crippen LogP contribution in [-0.4, -0.2) is 14.8 Å². The number of benzene rings is 1. The molecule has 0 amide bonds. The minimum absolute atomic E-state index is 0.247. The first kappa shape index (κ1) is 10.7. The summed E-state index contributed by atoms with van der Waals surface area (Å²) in [4.78, 5) is 0. The van der Waals surface area contributed by atoms with Gasteiger partial charge in [0.05, 0.1) is 10.7 Å². The predicted octanol–water partition coefficient (Wildman–Crippen LogP) is 3.54. The molecule has 0 unspecified atom stereocenters. The van der Waals surface area contributed by atoms with E-state index < -0.39 is 0 Å². The van der Waals surface area contributed by atoms with Gasteiger partial charge in [-0.1, -0.05) is 23.2 Å². The first-order valence-corrected chi connectivity index (χ1v) is 5.24. The maximum absolute atomic E-state index is 6.07. The summed E-state index contributed by atoms with van der Waals surface area (Å²) in [5, 5.41) is 8.76. The second-order valence-corrected chi connectivity index (χ2v) is 4.18. The molecule has 3 nitrogen and oxygen atoms in total. The number of aryl methyl sites for hydroxylation is 1. The van der Waals surface area contributed by atoms with Gasteiger partial charge < -0.3 is 0 Å². The van der Waals surface area contributed by atoms with Crippen LogP contribution in [0.1, 0.15) is 5.56 Å². The summed E-state index contributed by atoms with van der Waals surface area (Å²) in [5.41, 5.74) is 1.58. The van der Waals surface area contributed by atoms with Crippen molar-refractivity contribution in [2.75, 3.05) is 0 Å². The molecule has 0 aliphatic carbocycles. The summed E-state index contributed by atoms with van der Waals surface area (Å²) in [6, 6.07) is 3.50. The van der Waals surface area contributed by atoms with E-state index in [-0.39, 0.29) is 5.28 Å². The van der Waals surface area contributed by atoms with Crippen molar-refractivity contribution in [3.63, 3.8) is 0 Å². The Hall–Kier alpha value is -0.770. The molecule has 0 aliphatic rings. The van der Waals surface area contributed by atoms with Gasteiger partial charge in [0.25, 0.3) is 0 Å². The number of rotatable bonds is 1. The Bertz CT molecular complexity index is 507. The van der Waals surface area contributed by atoms with E-state index >= 15 is 0 Å². The van der Waals surface area contributed by atoms with Gasteiger partial charge in [-0.05, 0) is 36.2 Å². The van der Waals surface area contributed by atoms with Gasteiger partial charge in [0, 0.05) is 5.02 Å². The van der Waals surface area contributed by atoms with Crippen LogP contribution in [0.3, 0.4) is 0 Å². The van der Waals surface area contributed by atoms with Crippen molar-refractivity contribution >= 4 is 34.8 Å². The lowest BCUT2D eigenvalue weighted by molar-refractivity contribution is 1.05. The Morgan fingerprint density at radius 3 is 2.47 bits per heavy atom. The van der Waals surface area contributed by atoms with Gasteiger partial charge in [-0.2, -0.15) is 0 Å². The third-order valence-corrected chi connectivity index (χ3v) is 2.96. The van der Waals surface area contributed by atoms with E-state index in [2.05, 4.69) is 10.2 Å². The van der Waals surface area contributed by atoms with Crippen molar-refractivity contribution in [3.05, 3.63) is 39.4 Å². The molecule has 0 saturated carbocycles. The Balaban J connectivity index is 2.64. The van der Waals surface area contributed by atoms with E-state index in [0.29, 0.717) is 15.7 Å². The number of hydrogen-bond donors (Lipinski definition) is 0. The Kier molecular flexibility index (Phi) is 2.87. The van der Waals surface area contributed by atoms with Crippen molar-refractivity contribution in [2.45, 2.75) is 6.92 Å². The molecule has 0 saturated heterocycles. The van der Waals surface area contributed by atoms with E-state index in [9.17, 15) is 0 Å². The zero-order chi connectivity index (χ0) is 11.0. The van der Waals surface area contributed by atoms with Crippen LogP contribution in [0.25, 0.3) is 5.69 Å². The van der Waals surface area contributed by atoms with Crippen LogP contribution >= 0.6 is 34.8 Å². The van der Waals surface area contributed by atoms with Gasteiger partial charge in [0.1, 0.15) is 6.33 Å². The normalized spacial score (nSPS) is 10.7. The van der Waals surface area contributed by atoms with Crippen molar-refractivity contribution < 1.29 is 0 Å². The third-order valence-electron chi connectivity index (χ3n) is 1.99. The summed E-state index contributed by atoms with van der Waals surface area (Å²) in [5.74, 6) is 0. The molecule has 6 heteroatoms. The number of hydrogen-bond acceptors (Lipinski definition) is 2. The average molecular weight is 263 g/mol. The first-order chi connectivity index (χ1) is 7.09. The van der Waals surface area contributed by atoms with Gasteiger partial charge in [0.2, 0.25) is 5.28 Å². The number of nitrogens with zero attached hydrogens (tertiary/aromatic N) is 3. The Labute approximate surface area is 102 Å². The maximum atomic E-state index is 6.07. The zero-order valence-corrected chi connectivity index (χ0v) is 9.98.